The summed E-state index contributed by atoms with van der Waals surface area (Å²) in [6, 6.07) is 8.70. The van der Waals surface area contributed by atoms with Crippen LogP contribution < -0.4 is 0 Å². The van der Waals surface area contributed by atoms with E-state index >= 15 is 0 Å². The van der Waals surface area contributed by atoms with Crippen molar-refractivity contribution >= 4 is 5.57 Å². The number of rotatable bonds is 7. The Morgan fingerprint density at radius 3 is 2.38 bits per heavy atom. The van der Waals surface area contributed by atoms with Crippen LogP contribution >= 0.6 is 0 Å². The first-order valence-corrected chi connectivity index (χ1v) is 7.57. The smallest absolute Gasteiger partial charge is 0.000286 e. The molecule has 0 heterocycles. The van der Waals surface area contributed by atoms with Gasteiger partial charge >= 0.3 is 0 Å². The predicted molar refractivity (Wildman–Crippen MR) is 95.3 cm³/mol. The highest BCUT2D eigenvalue weighted by molar-refractivity contribution is 5.72. The number of allylic oxidation sites excluding steroid dienone is 6. The van der Waals surface area contributed by atoms with Crippen LogP contribution in [-0.4, -0.2) is 0 Å². The van der Waals surface area contributed by atoms with Gasteiger partial charge in [-0.25, -0.2) is 0 Å². The predicted octanol–water partition coefficient (Wildman–Crippen LogP) is 6.28. The molecule has 0 N–H and O–H groups in total. The Labute approximate surface area is 129 Å². The van der Waals surface area contributed by atoms with Crippen LogP contribution in [-0.2, 0) is 6.42 Å². The minimum Gasteiger partial charge on any atom is -0.130 e. The first-order valence-electron chi connectivity index (χ1n) is 7.57. The van der Waals surface area contributed by atoms with E-state index < -0.39 is 0 Å². The van der Waals surface area contributed by atoms with Crippen molar-refractivity contribution in [3.63, 3.8) is 0 Å². The first-order chi connectivity index (χ1) is 10.1. The standard InChI is InChI=1S/C21H26/c1-6-9-20-12-14-21(15-13-20)18(5)10-11-19(8-3)16-17(4)7-2/h8,10-15H,2,5-6,9,16H2,1,3-4H3/b11-10-,19-8+. The zero-order valence-electron chi connectivity index (χ0n) is 13.6. The molecule has 0 radical (unpaired) electrons. The van der Waals surface area contributed by atoms with Crippen LogP contribution in [0.4, 0.5) is 0 Å². The minimum atomic E-state index is 0.888. The summed E-state index contributed by atoms with van der Waals surface area (Å²) in [7, 11) is 0. The summed E-state index contributed by atoms with van der Waals surface area (Å²) in [6.45, 7) is 14.1. The molecule has 21 heavy (non-hydrogen) atoms. The van der Waals surface area contributed by atoms with Gasteiger partial charge < -0.3 is 0 Å². The van der Waals surface area contributed by atoms with Gasteiger partial charge in [-0.3, -0.25) is 0 Å². The molecule has 0 aliphatic rings. The molecule has 0 heteroatoms. The van der Waals surface area contributed by atoms with Crippen molar-refractivity contribution in [2.45, 2.75) is 40.0 Å². The average Bonchev–Trinajstić information content (AvgIpc) is 2.51. The Hall–Kier alpha value is -2.04. The Morgan fingerprint density at radius 1 is 1.19 bits per heavy atom. The molecular weight excluding hydrogens is 252 g/mol. The molecule has 1 aromatic carbocycles. The molecule has 0 aliphatic heterocycles. The molecule has 0 spiro atoms. The summed E-state index contributed by atoms with van der Waals surface area (Å²) in [5.74, 6) is 0. The zero-order valence-corrected chi connectivity index (χ0v) is 13.6. The van der Waals surface area contributed by atoms with E-state index in [4.69, 9.17) is 0 Å². The maximum Gasteiger partial charge on any atom is 0.000286 e. The summed E-state index contributed by atoms with van der Waals surface area (Å²) < 4.78 is 0. The van der Waals surface area contributed by atoms with E-state index in [0.717, 1.165) is 24.0 Å². The lowest BCUT2D eigenvalue weighted by Crippen LogP contribution is -1.85. The fourth-order valence-corrected chi connectivity index (χ4v) is 2.10. The second-order valence-corrected chi connectivity index (χ2v) is 5.30. The Morgan fingerprint density at radius 2 is 1.86 bits per heavy atom. The molecule has 1 aromatic rings. The molecule has 110 valence electrons. The molecule has 1 rings (SSSR count). The van der Waals surface area contributed by atoms with Gasteiger partial charge in [0.05, 0.1) is 0 Å². The topological polar surface area (TPSA) is 0 Å². The fraction of sp³-hybridized carbons (Fsp3) is 0.286. The van der Waals surface area contributed by atoms with Crippen LogP contribution in [0.15, 0.2) is 72.5 Å². The highest BCUT2D eigenvalue weighted by Gasteiger charge is 1.98. The lowest BCUT2D eigenvalue weighted by Gasteiger charge is -2.04. The van der Waals surface area contributed by atoms with Crippen LogP contribution in [0.2, 0.25) is 0 Å². The van der Waals surface area contributed by atoms with E-state index in [2.05, 4.69) is 75.2 Å². The third-order valence-corrected chi connectivity index (χ3v) is 3.50. The van der Waals surface area contributed by atoms with Crippen LogP contribution in [0.3, 0.4) is 0 Å². The lowest BCUT2D eigenvalue weighted by molar-refractivity contribution is 0.922. The first kappa shape index (κ1) is 17.0. The molecule has 0 nitrogen and oxygen atoms in total. The van der Waals surface area contributed by atoms with Gasteiger partial charge in [-0.1, -0.05) is 69.0 Å². The molecule has 0 saturated heterocycles. The van der Waals surface area contributed by atoms with Crippen LogP contribution in [0.5, 0.6) is 0 Å². The monoisotopic (exact) mass is 278 g/mol. The van der Waals surface area contributed by atoms with Crippen molar-refractivity contribution in [1.82, 2.24) is 0 Å². The fourth-order valence-electron chi connectivity index (χ4n) is 2.10. The molecule has 0 amide bonds. The van der Waals surface area contributed by atoms with E-state index in [1.165, 1.54) is 23.1 Å². The van der Waals surface area contributed by atoms with Crippen molar-refractivity contribution in [3.8, 4) is 0 Å². The molecule has 0 aromatic heterocycles. The SMILES string of the molecule is C=C=C(C)CC(/C=C\C(=C)c1ccc(CCC)cc1)=C/C. The molecule has 0 bridgehead atoms. The molecule has 0 aliphatic carbocycles. The van der Waals surface area contributed by atoms with Crippen LogP contribution in [0.1, 0.15) is 44.7 Å². The molecule has 0 atom stereocenters. The van der Waals surface area contributed by atoms with E-state index in [0.29, 0.717) is 0 Å². The van der Waals surface area contributed by atoms with Gasteiger partial charge in [0.2, 0.25) is 0 Å². The van der Waals surface area contributed by atoms with Crippen LogP contribution in [0, 0.1) is 0 Å². The summed E-state index contributed by atoms with van der Waals surface area (Å²) in [5.41, 5.74) is 8.95. The largest absolute Gasteiger partial charge is 0.130 e. The van der Waals surface area contributed by atoms with E-state index in [1.54, 1.807) is 0 Å². The third kappa shape index (κ3) is 5.85. The van der Waals surface area contributed by atoms with Gasteiger partial charge in [0.1, 0.15) is 0 Å². The van der Waals surface area contributed by atoms with Crippen molar-refractivity contribution in [1.29, 1.82) is 0 Å². The van der Waals surface area contributed by atoms with Gasteiger partial charge in [-0.05, 0) is 48.1 Å². The van der Waals surface area contributed by atoms with Crippen LogP contribution in [0.25, 0.3) is 5.57 Å². The Bertz CT molecular complexity index is 573. The molecule has 0 fully saturated rings. The van der Waals surface area contributed by atoms with E-state index in [9.17, 15) is 0 Å². The third-order valence-electron chi connectivity index (χ3n) is 3.50. The van der Waals surface area contributed by atoms with Crippen molar-refractivity contribution in [2.75, 3.05) is 0 Å². The maximum atomic E-state index is 4.16. The summed E-state index contributed by atoms with van der Waals surface area (Å²) in [6.07, 6.45) is 9.54. The normalized spacial score (nSPS) is 11.5. The van der Waals surface area contributed by atoms with Gasteiger partial charge in [0.25, 0.3) is 0 Å². The van der Waals surface area contributed by atoms with Gasteiger partial charge in [0, 0.05) is 6.42 Å². The van der Waals surface area contributed by atoms with Gasteiger partial charge in [-0.15, -0.1) is 5.73 Å². The highest BCUT2D eigenvalue weighted by Crippen LogP contribution is 2.18. The zero-order chi connectivity index (χ0) is 15.7. The number of benzene rings is 1. The van der Waals surface area contributed by atoms with Crippen molar-refractivity contribution < 1.29 is 0 Å². The van der Waals surface area contributed by atoms with E-state index in [1.807, 2.05) is 6.92 Å². The summed E-state index contributed by atoms with van der Waals surface area (Å²) in [4.78, 5) is 0. The van der Waals surface area contributed by atoms with Crippen molar-refractivity contribution in [2.24, 2.45) is 0 Å². The summed E-state index contributed by atoms with van der Waals surface area (Å²) >= 11 is 0. The number of hydrogen-bond donors (Lipinski definition) is 0. The Kier molecular flexibility index (Phi) is 7.29. The molecular formula is C21H26. The van der Waals surface area contributed by atoms with Gasteiger partial charge in [0.15, 0.2) is 0 Å². The second-order valence-electron chi connectivity index (χ2n) is 5.30. The quantitative estimate of drug-likeness (QED) is 0.407. The van der Waals surface area contributed by atoms with Crippen molar-refractivity contribution in [3.05, 3.63) is 83.7 Å². The number of hydrogen-bond acceptors (Lipinski definition) is 0. The Balaban J connectivity index is 2.75. The average molecular weight is 278 g/mol. The highest BCUT2D eigenvalue weighted by atomic mass is 14.0. The molecule has 0 saturated carbocycles. The maximum absolute atomic E-state index is 4.16. The minimum absolute atomic E-state index is 0.888. The molecule has 0 unspecified atom stereocenters. The van der Waals surface area contributed by atoms with E-state index in [-0.39, 0.29) is 0 Å². The van der Waals surface area contributed by atoms with Gasteiger partial charge in [-0.2, -0.15) is 0 Å². The summed E-state index contributed by atoms with van der Waals surface area (Å²) in [5, 5.41) is 0. The number of aryl methyl sites for hydroxylation is 1. The lowest BCUT2D eigenvalue weighted by atomic mass is 10.0. The second kappa shape index (κ2) is 9.00.